The van der Waals surface area contributed by atoms with Gasteiger partial charge in [0.25, 0.3) is 0 Å². The second-order valence-corrected chi connectivity index (χ2v) is 7.49. The highest BCUT2D eigenvalue weighted by atomic mass is 16.5. The number of rotatable bonds is 6. The van der Waals surface area contributed by atoms with Gasteiger partial charge in [-0.2, -0.15) is 0 Å². The number of carboxylic acid groups (broad SMARTS) is 1. The topological polar surface area (TPSA) is 122 Å². The maximum absolute atomic E-state index is 12.5. The molecule has 1 aliphatic heterocycles. The van der Waals surface area contributed by atoms with Gasteiger partial charge in [-0.3, -0.25) is 9.79 Å². The highest BCUT2D eigenvalue weighted by molar-refractivity contribution is 6.47. The number of carbonyl (C=O) groups is 2. The van der Waals surface area contributed by atoms with Gasteiger partial charge in [-0.1, -0.05) is 12.1 Å². The van der Waals surface area contributed by atoms with Gasteiger partial charge >= 0.3 is 13.1 Å². The molecular weight excluding hydrogens is 347 g/mol. The summed E-state index contributed by atoms with van der Waals surface area (Å²) in [4.78, 5) is 28.0. The van der Waals surface area contributed by atoms with E-state index in [4.69, 9.17) is 10.4 Å². The van der Waals surface area contributed by atoms with E-state index >= 15 is 0 Å². The maximum atomic E-state index is 12.5. The number of Topliss-reactive ketones (excluding diaryl/α,β-unsaturated/α-hetero) is 1. The minimum absolute atomic E-state index is 0.0354. The SMILES string of the molecule is NC=NC1CCC(CC(=O)C[C@H]2Cc3cccc(C(=O)O)c3OB2O)CC1. The zero-order valence-electron chi connectivity index (χ0n) is 15.2. The minimum Gasteiger partial charge on any atom is -0.535 e. The van der Waals surface area contributed by atoms with Crippen molar-refractivity contribution in [2.24, 2.45) is 16.6 Å². The summed E-state index contributed by atoms with van der Waals surface area (Å²) < 4.78 is 5.46. The van der Waals surface area contributed by atoms with Gasteiger partial charge in [0.1, 0.15) is 11.5 Å². The Morgan fingerprint density at radius 2 is 2.00 bits per heavy atom. The molecule has 8 heteroatoms. The second-order valence-electron chi connectivity index (χ2n) is 7.49. The molecule has 0 radical (unpaired) electrons. The van der Waals surface area contributed by atoms with Gasteiger partial charge in [0.15, 0.2) is 0 Å². The lowest BCUT2D eigenvalue weighted by atomic mass is 9.64. The molecular formula is C19H25BN2O5. The number of fused-ring (bicyclic) bond motifs is 1. The van der Waals surface area contributed by atoms with Crippen molar-refractivity contribution in [2.75, 3.05) is 0 Å². The Hall–Kier alpha value is -2.35. The molecule has 0 amide bonds. The van der Waals surface area contributed by atoms with Crippen molar-refractivity contribution in [1.82, 2.24) is 0 Å². The van der Waals surface area contributed by atoms with E-state index in [0.29, 0.717) is 18.8 Å². The predicted octanol–water partition coefficient (Wildman–Crippen LogP) is 2.07. The van der Waals surface area contributed by atoms with Gasteiger partial charge in [0.2, 0.25) is 0 Å². The number of benzene rings is 1. The molecule has 0 saturated heterocycles. The van der Waals surface area contributed by atoms with Gasteiger partial charge in [-0.05, 0) is 49.7 Å². The lowest BCUT2D eigenvalue weighted by Gasteiger charge is -2.29. The quantitative estimate of drug-likeness (QED) is 0.399. The monoisotopic (exact) mass is 372 g/mol. The molecule has 2 aliphatic rings. The van der Waals surface area contributed by atoms with Crippen LogP contribution in [0.3, 0.4) is 0 Å². The summed E-state index contributed by atoms with van der Waals surface area (Å²) in [6, 6.07) is 5.16. The summed E-state index contributed by atoms with van der Waals surface area (Å²) in [6.45, 7) is 0. The number of hydrogen-bond donors (Lipinski definition) is 3. The molecule has 144 valence electrons. The molecule has 1 fully saturated rings. The van der Waals surface area contributed by atoms with E-state index in [1.165, 1.54) is 12.4 Å². The van der Waals surface area contributed by atoms with Crippen LogP contribution in [-0.2, 0) is 11.2 Å². The van der Waals surface area contributed by atoms with E-state index in [2.05, 4.69) is 4.99 Å². The number of nitrogens with zero attached hydrogens (tertiary/aromatic N) is 1. The first-order valence-corrected chi connectivity index (χ1v) is 9.43. The molecule has 27 heavy (non-hydrogen) atoms. The van der Waals surface area contributed by atoms with Gasteiger partial charge in [-0.25, -0.2) is 4.79 Å². The van der Waals surface area contributed by atoms with Crippen molar-refractivity contribution in [3.63, 3.8) is 0 Å². The summed E-state index contributed by atoms with van der Waals surface area (Å²) in [7, 11) is -1.17. The van der Waals surface area contributed by atoms with Crippen LogP contribution in [-0.4, -0.2) is 41.4 Å². The lowest BCUT2D eigenvalue weighted by Crippen LogP contribution is -2.36. The average molecular weight is 372 g/mol. The van der Waals surface area contributed by atoms with Crippen molar-refractivity contribution in [1.29, 1.82) is 0 Å². The highest BCUT2D eigenvalue weighted by Crippen LogP contribution is 2.37. The number of carbonyl (C=O) groups excluding carboxylic acids is 1. The molecule has 1 aliphatic carbocycles. The number of ketones is 1. The summed E-state index contributed by atoms with van der Waals surface area (Å²) in [6.07, 6.45) is 6.35. The Morgan fingerprint density at radius 3 is 2.67 bits per heavy atom. The second kappa shape index (κ2) is 8.56. The molecule has 1 heterocycles. The zero-order valence-corrected chi connectivity index (χ0v) is 15.2. The van der Waals surface area contributed by atoms with Gasteiger partial charge in [-0.15, -0.1) is 0 Å². The minimum atomic E-state index is -1.17. The number of para-hydroxylation sites is 1. The Balaban J connectivity index is 1.56. The third-order valence-electron chi connectivity index (χ3n) is 5.57. The largest absolute Gasteiger partial charge is 0.535 e. The Kier molecular flexibility index (Phi) is 6.16. The fourth-order valence-corrected chi connectivity index (χ4v) is 4.14. The van der Waals surface area contributed by atoms with Crippen LogP contribution in [0, 0.1) is 5.92 Å². The molecule has 1 atom stereocenters. The molecule has 0 aromatic heterocycles. The third kappa shape index (κ3) is 4.69. The van der Waals surface area contributed by atoms with E-state index in [-0.39, 0.29) is 35.4 Å². The zero-order chi connectivity index (χ0) is 19.4. The number of hydrogen-bond acceptors (Lipinski definition) is 5. The molecule has 3 rings (SSSR count). The molecule has 0 unspecified atom stereocenters. The maximum Gasteiger partial charge on any atom is 0.526 e. The summed E-state index contributed by atoms with van der Waals surface area (Å²) in [5.74, 6) is -0.768. The van der Waals surface area contributed by atoms with Gasteiger partial charge in [0, 0.05) is 18.7 Å². The van der Waals surface area contributed by atoms with Crippen LogP contribution >= 0.6 is 0 Å². The first-order chi connectivity index (χ1) is 13.0. The van der Waals surface area contributed by atoms with E-state index in [1.54, 1.807) is 12.1 Å². The number of carboxylic acids is 1. The van der Waals surface area contributed by atoms with Crippen LogP contribution in [0.1, 0.15) is 54.4 Å². The molecule has 0 bridgehead atoms. The summed E-state index contributed by atoms with van der Waals surface area (Å²) >= 11 is 0. The first-order valence-electron chi connectivity index (χ1n) is 9.43. The Morgan fingerprint density at radius 1 is 1.26 bits per heavy atom. The van der Waals surface area contributed by atoms with Crippen molar-refractivity contribution in [2.45, 2.75) is 56.8 Å². The molecule has 7 nitrogen and oxygen atoms in total. The predicted molar refractivity (Wildman–Crippen MR) is 102 cm³/mol. The van der Waals surface area contributed by atoms with Crippen molar-refractivity contribution < 1.29 is 24.4 Å². The van der Waals surface area contributed by atoms with E-state index < -0.39 is 13.1 Å². The van der Waals surface area contributed by atoms with Crippen molar-refractivity contribution in [3.8, 4) is 5.75 Å². The normalized spacial score (nSPS) is 25.1. The fraction of sp³-hybridized carbons (Fsp3) is 0.526. The van der Waals surface area contributed by atoms with Crippen LogP contribution in [0.15, 0.2) is 23.2 Å². The van der Waals surface area contributed by atoms with Crippen LogP contribution in [0.25, 0.3) is 0 Å². The molecule has 1 saturated carbocycles. The average Bonchev–Trinajstić information content (AvgIpc) is 2.63. The summed E-state index contributed by atoms with van der Waals surface area (Å²) in [5.41, 5.74) is 6.09. The number of aromatic carboxylic acids is 1. The Labute approximate surface area is 158 Å². The number of aliphatic imine (C=N–C) groups is 1. The molecule has 1 aromatic rings. The lowest BCUT2D eigenvalue weighted by molar-refractivity contribution is -0.120. The van der Waals surface area contributed by atoms with Crippen molar-refractivity contribution in [3.05, 3.63) is 29.3 Å². The van der Waals surface area contributed by atoms with E-state index in [1.807, 2.05) is 0 Å². The standard InChI is InChI=1S/C19H25BN2O5/c21-11-22-15-6-4-12(5-7-15)8-16(23)10-14-9-13-2-1-3-17(19(24)25)18(13)27-20(14)26/h1-3,11-12,14-15,26H,4-10H2,(H2,21,22)(H,24,25)/t12?,14-,15?/m1/s1. The highest BCUT2D eigenvalue weighted by Gasteiger charge is 2.38. The Bertz CT molecular complexity index is 731. The van der Waals surface area contributed by atoms with Crippen LogP contribution in [0.4, 0.5) is 0 Å². The fourth-order valence-electron chi connectivity index (χ4n) is 4.14. The molecule has 1 aromatic carbocycles. The van der Waals surface area contributed by atoms with E-state index in [0.717, 1.165) is 31.2 Å². The third-order valence-corrected chi connectivity index (χ3v) is 5.57. The first kappa shape index (κ1) is 19.4. The number of nitrogens with two attached hydrogens (primary N) is 1. The van der Waals surface area contributed by atoms with Crippen LogP contribution in [0.5, 0.6) is 5.75 Å². The van der Waals surface area contributed by atoms with Crippen LogP contribution < -0.4 is 10.4 Å². The molecule has 4 N–H and O–H groups in total. The van der Waals surface area contributed by atoms with Gasteiger partial charge in [0.05, 0.1) is 17.9 Å². The molecule has 0 spiro atoms. The van der Waals surface area contributed by atoms with Crippen molar-refractivity contribution >= 4 is 25.2 Å². The summed E-state index contributed by atoms with van der Waals surface area (Å²) in [5, 5.41) is 19.5. The van der Waals surface area contributed by atoms with E-state index in [9.17, 15) is 19.7 Å². The smallest absolute Gasteiger partial charge is 0.526 e. The van der Waals surface area contributed by atoms with Crippen LogP contribution in [0.2, 0.25) is 5.82 Å². The van der Waals surface area contributed by atoms with Gasteiger partial charge < -0.3 is 20.5 Å².